The Bertz CT molecular complexity index is 519. The van der Waals surface area contributed by atoms with Crippen LogP contribution in [0.4, 0.5) is 0 Å². The Hall–Kier alpha value is -1.64. The highest BCUT2D eigenvalue weighted by Gasteiger charge is 2.46. The predicted molar refractivity (Wildman–Crippen MR) is 62.3 cm³/mol. The third-order valence-electron chi connectivity index (χ3n) is 3.70. The number of amides is 1. The molecule has 1 aromatic rings. The van der Waals surface area contributed by atoms with Gasteiger partial charge in [0.1, 0.15) is 0 Å². The van der Waals surface area contributed by atoms with Crippen LogP contribution in [0.5, 0.6) is 0 Å². The number of hydrogen-bond acceptors (Lipinski definition) is 2. The van der Waals surface area contributed by atoms with Gasteiger partial charge >= 0.3 is 0 Å². The molecule has 1 aliphatic carbocycles. The van der Waals surface area contributed by atoms with Gasteiger partial charge in [0.15, 0.2) is 0 Å². The summed E-state index contributed by atoms with van der Waals surface area (Å²) in [6, 6.07) is 6.36. The van der Waals surface area contributed by atoms with E-state index in [4.69, 9.17) is 0 Å². The molecule has 0 aromatic heterocycles. The van der Waals surface area contributed by atoms with Crippen molar-refractivity contribution in [3.63, 3.8) is 0 Å². The van der Waals surface area contributed by atoms with Crippen LogP contribution < -0.4 is 5.43 Å². The van der Waals surface area contributed by atoms with Crippen molar-refractivity contribution in [2.24, 2.45) is 10.5 Å². The molecule has 3 rings (SSSR count). The summed E-state index contributed by atoms with van der Waals surface area (Å²) in [7, 11) is 0. The van der Waals surface area contributed by atoms with Gasteiger partial charge in [-0.1, -0.05) is 23.8 Å². The maximum Gasteiger partial charge on any atom is 0.252 e. The molecule has 3 nitrogen and oxygen atoms in total. The van der Waals surface area contributed by atoms with E-state index in [0.717, 1.165) is 24.1 Å². The number of rotatable bonds is 0. The van der Waals surface area contributed by atoms with E-state index >= 15 is 0 Å². The summed E-state index contributed by atoms with van der Waals surface area (Å²) in [4.78, 5) is 11.8. The molecule has 82 valence electrons. The van der Waals surface area contributed by atoms with Crippen LogP contribution in [-0.2, 0) is 11.2 Å². The summed E-state index contributed by atoms with van der Waals surface area (Å²) in [6.07, 6.45) is 1.81. The third kappa shape index (κ3) is 1.08. The number of carbonyl (C=O) groups is 1. The van der Waals surface area contributed by atoms with E-state index in [1.54, 1.807) is 0 Å². The molecule has 16 heavy (non-hydrogen) atoms. The van der Waals surface area contributed by atoms with E-state index in [1.165, 1.54) is 11.1 Å². The van der Waals surface area contributed by atoms with Gasteiger partial charge < -0.3 is 0 Å². The van der Waals surface area contributed by atoms with Crippen molar-refractivity contribution in [1.29, 1.82) is 0 Å². The number of benzene rings is 1. The molecule has 3 heteroatoms. The number of carbonyl (C=O) groups excluding carboxylic acids is 1. The minimum Gasteiger partial charge on any atom is -0.272 e. The molecule has 0 saturated heterocycles. The van der Waals surface area contributed by atoms with E-state index < -0.39 is 5.41 Å². The van der Waals surface area contributed by atoms with Crippen molar-refractivity contribution < 1.29 is 4.79 Å². The number of hydrogen-bond donors (Lipinski definition) is 1. The fourth-order valence-electron chi connectivity index (χ4n) is 2.60. The number of aryl methyl sites for hydroxylation is 2. The molecule has 1 aromatic carbocycles. The second-order valence-corrected chi connectivity index (χ2v) is 4.89. The molecular weight excluding hydrogens is 200 g/mol. The number of nitrogens with zero attached hydrogens (tertiary/aromatic N) is 1. The average molecular weight is 214 g/mol. The zero-order chi connectivity index (χ0) is 11.3. The minimum absolute atomic E-state index is 0.0359. The summed E-state index contributed by atoms with van der Waals surface area (Å²) in [5.74, 6) is 0.0359. The molecule has 1 heterocycles. The maximum absolute atomic E-state index is 11.8. The molecule has 1 N–H and O–H groups in total. The largest absolute Gasteiger partial charge is 0.272 e. The summed E-state index contributed by atoms with van der Waals surface area (Å²) in [5.41, 5.74) is 6.82. The zero-order valence-corrected chi connectivity index (χ0v) is 9.50. The Balaban J connectivity index is 2.18. The Kier molecular flexibility index (Phi) is 1.76. The molecule has 0 radical (unpaired) electrons. The lowest BCUT2D eigenvalue weighted by Crippen LogP contribution is -2.39. The van der Waals surface area contributed by atoms with Gasteiger partial charge in [0, 0.05) is 5.56 Å². The molecular formula is C13H14N2O. The second kappa shape index (κ2) is 2.94. The lowest BCUT2D eigenvalue weighted by molar-refractivity contribution is -0.125. The van der Waals surface area contributed by atoms with Gasteiger partial charge in [0.05, 0.1) is 11.1 Å². The average Bonchev–Trinajstić information content (AvgIpc) is 2.56. The normalized spacial score (nSPS) is 26.9. The Morgan fingerprint density at radius 3 is 3.06 bits per heavy atom. The van der Waals surface area contributed by atoms with Crippen LogP contribution >= 0.6 is 0 Å². The van der Waals surface area contributed by atoms with Crippen molar-refractivity contribution in [1.82, 2.24) is 5.43 Å². The predicted octanol–water partition coefficient (Wildman–Crippen LogP) is 1.78. The fraction of sp³-hybridized carbons (Fsp3) is 0.385. The van der Waals surface area contributed by atoms with Gasteiger partial charge in [-0.2, -0.15) is 5.10 Å². The first-order chi connectivity index (χ1) is 7.61. The van der Waals surface area contributed by atoms with Crippen molar-refractivity contribution in [3.05, 3.63) is 34.9 Å². The highest BCUT2D eigenvalue weighted by atomic mass is 16.2. The van der Waals surface area contributed by atoms with E-state index in [0.29, 0.717) is 0 Å². The number of fused-ring (bicyclic) bond motifs is 3. The van der Waals surface area contributed by atoms with Gasteiger partial charge in [-0.25, -0.2) is 5.43 Å². The van der Waals surface area contributed by atoms with Crippen LogP contribution in [0.3, 0.4) is 0 Å². The summed E-state index contributed by atoms with van der Waals surface area (Å²) >= 11 is 0. The van der Waals surface area contributed by atoms with Crippen molar-refractivity contribution in [3.8, 4) is 0 Å². The SMILES string of the molecule is Cc1ccc2c(c1)CCC1(C)C(=O)NN=C21. The van der Waals surface area contributed by atoms with Crippen LogP contribution in [0.15, 0.2) is 23.3 Å². The van der Waals surface area contributed by atoms with E-state index in [1.807, 2.05) is 6.92 Å². The van der Waals surface area contributed by atoms with Gasteiger partial charge in [0.2, 0.25) is 0 Å². The lowest BCUT2D eigenvalue weighted by Gasteiger charge is -2.29. The first kappa shape index (κ1) is 9.58. The molecule has 1 aliphatic heterocycles. The van der Waals surface area contributed by atoms with Crippen LogP contribution in [0, 0.1) is 12.3 Å². The molecule has 0 bridgehead atoms. The highest BCUT2D eigenvalue weighted by Crippen LogP contribution is 2.38. The van der Waals surface area contributed by atoms with E-state index in [-0.39, 0.29) is 5.91 Å². The van der Waals surface area contributed by atoms with E-state index in [9.17, 15) is 4.79 Å². The van der Waals surface area contributed by atoms with Gasteiger partial charge in [-0.15, -0.1) is 0 Å². The molecule has 1 unspecified atom stereocenters. The molecule has 1 atom stereocenters. The number of hydrazone groups is 1. The van der Waals surface area contributed by atoms with Crippen LogP contribution in [0.25, 0.3) is 0 Å². The molecule has 0 saturated carbocycles. The Morgan fingerprint density at radius 1 is 1.44 bits per heavy atom. The first-order valence-corrected chi connectivity index (χ1v) is 5.60. The smallest absolute Gasteiger partial charge is 0.252 e. The summed E-state index contributed by atoms with van der Waals surface area (Å²) < 4.78 is 0. The van der Waals surface area contributed by atoms with Crippen LogP contribution in [0.2, 0.25) is 0 Å². The van der Waals surface area contributed by atoms with Crippen LogP contribution in [-0.4, -0.2) is 11.6 Å². The van der Waals surface area contributed by atoms with Crippen molar-refractivity contribution in [2.75, 3.05) is 0 Å². The van der Waals surface area contributed by atoms with Crippen LogP contribution in [0.1, 0.15) is 30.0 Å². The fourth-order valence-corrected chi connectivity index (χ4v) is 2.60. The summed E-state index contributed by atoms with van der Waals surface area (Å²) in [5, 5.41) is 4.20. The Morgan fingerprint density at radius 2 is 2.25 bits per heavy atom. The third-order valence-corrected chi connectivity index (χ3v) is 3.70. The molecule has 0 spiro atoms. The standard InChI is InChI=1S/C13H14N2O/c1-8-3-4-10-9(7-8)5-6-13(2)11(10)14-15-12(13)16/h3-4,7H,5-6H2,1-2H3,(H,15,16). The van der Waals surface area contributed by atoms with Crippen molar-refractivity contribution in [2.45, 2.75) is 26.7 Å². The molecule has 0 fully saturated rings. The highest BCUT2D eigenvalue weighted by molar-refractivity contribution is 6.20. The topological polar surface area (TPSA) is 41.5 Å². The summed E-state index contributed by atoms with van der Waals surface area (Å²) in [6.45, 7) is 4.07. The molecule has 1 amide bonds. The number of nitrogens with one attached hydrogen (secondary N) is 1. The lowest BCUT2D eigenvalue weighted by atomic mass is 9.71. The Labute approximate surface area is 94.6 Å². The first-order valence-electron chi connectivity index (χ1n) is 5.60. The quantitative estimate of drug-likeness (QED) is 0.702. The maximum atomic E-state index is 11.8. The second-order valence-electron chi connectivity index (χ2n) is 4.89. The van der Waals surface area contributed by atoms with Gasteiger partial charge in [-0.3, -0.25) is 4.79 Å². The minimum atomic E-state index is -0.414. The van der Waals surface area contributed by atoms with Gasteiger partial charge in [-0.05, 0) is 32.3 Å². The monoisotopic (exact) mass is 214 g/mol. The van der Waals surface area contributed by atoms with Gasteiger partial charge in [0.25, 0.3) is 5.91 Å². The zero-order valence-electron chi connectivity index (χ0n) is 9.50. The molecule has 2 aliphatic rings. The van der Waals surface area contributed by atoms with Crippen molar-refractivity contribution >= 4 is 11.6 Å². The van der Waals surface area contributed by atoms with E-state index in [2.05, 4.69) is 35.7 Å².